The van der Waals surface area contributed by atoms with E-state index in [0.717, 1.165) is 13.8 Å². The van der Waals surface area contributed by atoms with Crippen molar-refractivity contribution in [1.82, 2.24) is 10.6 Å². The second kappa shape index (κ2) is 25.3. The van der Waals surface area contributed by atoms with E-state index in [1.807, 2.05) is 0 Å². The Bertz CT molecular complexity index is 1730. The van der Waals surface area contributed by atoms with Crippen molar-refractivity contribution in [2.75, 3.05) is 33.0 Å². The first-order valence-corrected chi connectivity index (χ1v) is 23.0. The number of amides is 2. The third-order valence-corrected chi connectivity index (χ3v) is 13.2. The molecule has 32 heteroatoms. The molecule has 0 aromatic carbocycles. The van der Waals surface area contributed by atoms with Gasteiger partial charge in [-0.2, -0.15) is 0 Å². The highest BCUT2D eigenvalue weighted by Gasteiger charge is 2.56. The lowest BCUT2D eigenvalue weighted by atomic mass is 9.94. The summed E-state index contributed by atoms with van der Waals surface area (Å²) in [4.78, 5) is 24.7. The van der Waals surface area contributed by atoms with Crippen molar-refractivity contribution in [1.29, 1.82) is 0 Å². The van der Waals surface area contributed by atoms with E-state index in [-0.39, 0.29) is 0 Å². The lowest BCUT2D eigenvalue weighted by Crippen LogP contribution is -2.70. The summed E-state index contributed by atoms with van der Waals surface area (Å²) >= 11 is 0. The number of ether oxygens (including phenoxy) is 11. The maximum Gasteiger partial charge on any atom is 0.217 e. The van der Waals surface area contributed by atoms with Crippen LogP contribution in [0.4, 0.5) is 0 Å². The first-order valence-electron chi connectivity index (χ1n) is 23.0. The molecule has 0 aliphatic carbocycles. The second-order valence-corrected chi connectivity index (χ2v) is 18.3. The van der Waals surface area contributed by atoms with E-state index >= 15 is 0 Å². The van der Waals surface area contributed by atoms with Crippen LogP contribution >= 0.6 is 0 Å². The molecule has 6 aliphatic rings. The van der Waals surface area contributed by atoms with Crippen molar-refractivity contribution in [3.63, 3.8) is 0 Å². The first kappa shape index (κ1) is 59.1. The van der Waals surface area contributed by atoms with Gasteiger partial charge in [0.1, 0.15) is 140 Å². The minimum Gasteiger partial charge on any atom is -0.394 e. The van der Waals surface area contributed by atoms with Gasteiger partial charge in [0.2, 0.25) is 11.8 Å². The van der Waals surface area contributed by atoms with Gasteiger partial charge in [-0.25, -0.2) is 0 Å². The summed E-state index contributed by atoms with van der Waals surface area (Å²) in [7, 11) is 0. The van der Waals surface area contributed by atoms with Gasteiger partial charge in [-0.05, 0) is 6.92 Å². The van der Waals surface area contributed by atoms with Crippen molar-refractivity contribution in [2.24, 2.45) is 0 Å². The van der Waals surface area contributed by atoms with Crippen LogP contribution in [0.2, 0.25) is 0 Å². The molecule has 72 heavy (non-hydrogen) atoms. The molecule has 0 spiro atoms. The molecule has 32 nitrogen and oxygen atoms in total. The minimum atomic E-state index is -2.14. The third-order valence-electron chi connectivity index (χ3n) is 13.2. The summed E-state index contributed by atoms with van der Waals surface area (Å²) in [6.45, 7) is -0.895. The van der Waals surface area contributed by atoms with Gasteiger partial charge >= 0.3 is 0 Å². The normalized spacial score (nSPS) is 50.3. The Morgan fingerprint density at radius 1 is 0.389 bits per heavy atom. The van der Waals surface area contributed by atoms with Crippen LogP contribution in [0.25, 0.3) is 0 Å². The highest BCUT2D eigenvalue weighted by Crippen LogP contribution is 2.35. The van der Waals surface area contributed by atoms with Gasteiger partial charge in [0.15, 0.2) is 37.7 Å². The summed E-state index contributed by atoms with van der Waals surface area (Å²) in [6.07, 6.45) is -50.5. The van der Waals surface area contributed by atoms with E-state index in [0.29, 0.717) is 0 Å². The quantitative estimate of drug-likeness (QED) is 0.0643. The third kappa shape index (κ3) is 12.8. The Kier molecular flexibility index (Phi) is 20.8. The smallest absolute Gasteiger partial charge is 0.217 e. The molecule has 6 aliphatic heterocycles. The SMILES string of the molecule is CC(=O)N[C@@H]1[C@@H](O)[C@H](O[C@@H]2O[C@H](CO)[C@@H](O[C@@H]3O[C@H](CO[C@H]4O[C@H](CO)[C@@H](O)[C@H](O[C@H]5O[C@H](CO)[C@@H](O)[C@H](O)[C@@H]5O)[C@@H]4O)[C@@H](O)[C@H](O)[C@@H]3O)[C@H](O)[C@H]2NC(C)=O)[C@@H](CO[C@@H]2O[C@@H](C)[C@@H](O)[C@@H](O)[C@@H]2O)O[C@H]1O. The number of nitrogens with one attached hydrogen (secondary N) is 2. The number of carbonyl (C=O) groups is 2. The predicted molar refractivity (Wildman–Crippen MR) is 221 cm³/mol. The molecular formula is C40H68N2O30. The van der Waals surface area contributed by atoms with Crippen molar-refractivity contribution < 1.29 is 149 Å². The molecular weight excluding hydrogens is 988 g/mol. The fourth-order valence-corrected chi connectivity index (χ4v) is 9.06. The average Bonchev–Trinajstić information content (AvgIpc) is 3.34. The molecule has 6 rings (SSSR count). The van der Waals surface area contributed by atoms with E-state index in [4.69, 9.17) is 52.1 Å². The molecule has 6 heterocycles. The number of aliphatic hydroxyl groups excluding tert-OH is 17. The molecule has 2 amide bonds. The number of rotatable bonds is 17. The van der Waals surface area contributed by atoms with Crippen LogP contribution in [-0.2, 0) is 61.7 Å². The Hall–Kier alpha value is -2.18. The number of hydrogen-bond acceptors (Lipinski definition) is 30. The van der Waals surface area contributed by atoms with Gasteiger partial charge in [-0.15, -0.1) is 0 Å². The summed E-state index contributed by atoms with van der Waals surface area (Å²) in [6, 6.07) is -3.33. The van der Waals surface area contributed by atoms with Crippen LogP contribution in [0.5, 0.6) is 0 Å². The monoisotopic (exact) mass is 1060 g/mol. The van der Waals surface area contributed by atoms with Crippen LogP contribution in [0.1, 0.15) is 20.8 Å². The first-order chi connectivity index (χ1) is 33.9. The van der Waals surface area contributed by atoms with E-state index in [2.05, 4.69) is 10.6 Å². The maximum atomic E-state index is 12.6. The van der Waals surface area contributed by atoms with Gasteiger partial charge in [0, 0.05) is 13.8 Å². The molecule has 0 radical (unpaired) electrons. The topological polar surface area (TPSA) is 504 Å². The Balaban J connectivity index is 1.16. The summed E-state index contributed by atoms with van der Waals surface area (Å²) < 4.78 is 62.3. The molecule has 19 N–H and O–H groups in total. The Morgan fingerprint density at radius 2 is 0.792 bits per heavy atom. The van der Waals surface area contributed by atoms with Crippen LogP contribution in [0, 0.1) is 0 Å². The molecule has 0 saturated carbocycles. The Labute approximate surface area is 408 Å². The average molecular weight is 1060 g/mol. The van der Waals surface area contributed by atoms with Gasteiger partial charge in [0.05, 0.1) is 39.1 Å². The standard InChI is InChI=1S/C40H68N2O30/c1-9-19(48)25(54)28(57)37(64-9)63-8-16-33(23(52)17(35(61)65-16)41-10(2)46)70-36-18(42-11(3)47)24(53)32(14(6-45)68-36)71-40-30(59)27(56)21(50)15(69-40)7-62-38-31(60)34(22(51)13(5-44)66-38)72-39-29(58)26(55)20(49)12(4-43)67-39/h9,12-40,43-45,48-61H,4-8H2,1-3H3,(H,41,46)(H,42,47)/t9-,12+,13+,14+,15+,16+,17+,18+,19+,20+,21+,22+,23+,24+,25+,26-,27-,28-,29-,30-,31-,32+,33+,34-,35+,36-,37+,38-,39+,40-/m0/s1. The second-order valence-electron chi connectivity index (χ2n) is 18.3. The molecule has 6 fully saturated rings. The zero-order valence-corrected chi connectivity index (χ0v) is 38.8. The maximum absolute atomic E-state index is 12.6. The van der Waals surface area contributed by atoms with Crippen LogP contribution in [0.3, 0.4) is 0 Å². The van der Waals surface area contributed by atoms with Gasteiger partial charge in [-0.1, -0.05) is 0 Å². The molecule has 0 aromatic rings. The summed E-state index contributed by atoms with van der Waals surface area (Å²) in [5, 5.41) is 186. The summed E-state index contributed by atoms with van der Waals surface area (Å²) in [5.41, 5.74) is 0. The van der Waals surface area contributed by atoms with Gasteiger partial charge in [-0.3, -0.25) is 9.59 Å². The van der Waals surface area contributed by atoms with E-state index in [9.17, 15) is 96.4 Å². The van der Waals surface area contributed by atoms with Gasteiger partial charge in [0.25, 0.3) is 0 Å². The van der Waals surface area contributed by atoms with E-state index in [1.54, 1.807) is 0 Å². The highest BCUT2D eigenvalue weighted by molar-refractivity contribution is 5.73. The number of hydrogen-bond donors (Lipinski definition) is 19. The van der Waals surface area contributed by atoms with Crippen LogP contribution in [0.15, 0.2) is 0 Å². The zero-order chi connectivity index (χ0) is 53.2. The fraction of sp³-hybridized carbons (Fsp3) is 0.950. The van der Waals surface area contributed by atoms with Crippen LogP contribution < -0.4 is 10.6 Å². The molecule has 0 unspecified atom stereocenters. The molecule has 418 valence electrons. The lowest BCUT2D eigenvalue weighted by molar-refractivity contribution is -0.373. The van der Waals surface area contributed by atoms with Crippen molar-refractivity contribution in [2.45, 2.75) is 205 Å². The highest BCUT2D eigenvalue weighted by atomic mass is 16.8. The zero-order valence-electron chi connectivity index (χ0n) is 38.8. The molecule has 0 bridgehead atoms. The Morgan fingerprint density at radius 3 is 1.36 bits per heavy atom. The molecule has 0 aromatic heterocycles. The fourth-order valence-electron chi connectivity index (χ4n) is 9.06. The van der Waals surface area contributed by atoms with E-state index < -0.39 is 229 Å². The molecule has 30 atom stereocenters. The molecule has 6 saturated heterocycles. The number of carbonyl (C=O) groups excluding carboxylic acids is 2. The predicted octanol–water partition coefficient (Wildman–Crippen LogP) is -12.8. The number of aliphatic hydroxyl groups is 17. The van der Waals surface area contributed by atoms with Crippen LogP contribution in [-0.4, -0.2) is 316 Å². The lowest BCUT2D eigenvalue weighted by Gasteiger charge is -2.49. The van der Waals surface area contributed by atoms with Gasteiger partial charge < -0.3 is 150 Å². The largest absolute Gasteiger partial charge is 0.394 e. The van der Waals surface area contributed by atoms with Crippen molar-refractivity contribution >= 4 is 11.8 Å². The van der Waals surface area contributed by atoms with Crippen molar-refractivity contribution in [3.05, 3.63) is 0 Å². The van der Waals surface area contributed by atoms with E-state index in [1.165, 1.54) is 6.92 Å². The minimum absolute atomic E-state index is 0.708. The summed E-state index contributed by atoms with van der Waals surface area (Å²) in [5.74, 6) is -1.56. The van der Waals surface area contributed by atoms with Crippen molar-refractivity contribution in [3.8, 4) is 0 Å².